The van der Waals surface area contributed by atoms with Crippen LogP contribution in [0.2, 0.25) is 0 Å². The van der Waals surface area contributed by atoms with Crippen LogP contribution in [0.3, 0.4) is 0 Å². The van der Waals surface area contributed by atoms with Gasteiger partial charge in [-0.05, 0) is 30.3 Å². The smallest absolute Gasteiger partial charge is 0.255 e. The number of phenols is 1. The van der Waals surface area contributed by atoms with Crippen LogP contribution in [0, 0.1) is 0 Å². The Morgan fingerprint density at radius 1 is 1.27 bits per heavy atom. The number of aromatic hydroxyl groups is 1. The lowest BCUT2D eigenvalue weighted by atomic mass is 10.2. The van der Waals surface area contributed by atoms with Gasteiger partial charge in [-0.1, -0.05) is 22.0 Å². The first kappa shape index (κ1) is 14.5. The van der Waals surface area contributed by atoms with Crippen molar-refractivity contribution in [3.8, 4) is 5.75 Å². The van der Waals surface area contributed by atoms with Gasteiger partial charge in [-0.2, -0.15) is 0 Å². The summed E-state index contributed by atoms with van der Waals surface area (Å²) in [7, 11) is 0. The number of hydrogen-bond donors (Lipinski definition) is 2. The number of rotatable bonds is 4. The molecule has 0 aliphatic rings. The number of amides is 1. The SMILES string of the molecule is O=C(NCCc1nnc2ccccn12)c1cc(Br)ccc1O. The van der Waals surface area contributed by atoms with Gasteiger partial charge in [-0.3, -0.25) is 9.20 Å². The van der Waals surface area contributed by atoms with Gasteiger partial charge in [0.1, 0.15) is 11.6 Å². The molecular formula is C15H13BrN4O2. The summed E-state index contributed by atoms with van der Waals surface area (Å²) in [6, 6.07) is 10.4. The summed E-state index contributed by atoms with van der Waals surface area (Å²) in [5, 5.41) is 20.6. The Kier molecular flexibility index (Phi) is 4.06. The molecule has 0 unspecified atom stereocenters. The van der Waals surface area contributed by atoms with Gasteiger partial charge < -0.3 is 10.4 Å². The fourth-order valence-corrected chi connectivity index (χ4v) is 2.50. The van der Waals surface area contributed by atoms with Crippen LogP contribution in [0.5, 0.6) is 5.75 Å². The second kappa shape index (κ2) is 6.15. The Labute approximate surface area is 134 Å². The standard InChI is InChI=1S/C15H13BrN4O2/c16-10-4-5-12(21)11(9-10)15(22)17-7-6-14-19-18-13-3-1-2-8-20(13)14/h1-5,8-9,21H,6-7H2,(H,17,22). The molecular weight excluding hydrogens is 348 g/mol. The number of carbonyl (C=O) groups is 1. The number of phenolic OH excluding ortho intramolecular Hbond substituents is 1. The number of nitrogens with zero attached hydrogens (tertiary/aromatic N) is 3. The van der Waals surface area contributed by atoms with E-state index in [1.54, 1.807) is 12.1 Å². The lowest BCUT2D eigenvalue weighted by Crippen LogP contribution is -2.26. The molecule has 3 aromatic rings. The van der Waals surface area contributed by atoms with Gasteiger partial charge >= 0.3 is 0 Å². The molecule has 0 saturated carbocycles. The van der Waals surface area contributed by atoms with Crippen molar-refractivity contribution in [1.82, 2.24) is 19.9 Å². The van der Waals surface area contributed by atoms with Gasteiger partial charge in [-0.25, -0.2) is 0 Å². The molecule has 3 rings (SSSR count). The zero-order valence-corrected chi connectivity index (χ0v) is 13.1. The molecule has 0 aliphatic heterocycles. The van der Waals surface area contributed by atoms with Crippen molar-refractivity contribution < 1.29 is 9.90 Å². The van der Waals surface area contributed by atoms with Crippen LogP contribution in [0.4, 0.5) is 0 Å². The third kappa shape index (κ3) is 2.94. The molecule has 7 heteroatoms. The van der Waals surface area contributed by atoms with E-state index >= 15 is 0 Å². The van der Waals surface area contributed by atoms with E-state index in [-0.39, 0.29) is 17.2 Å². The van der Waals surface area contributed by atoms with Gasteiger partial charge in [-0.15, -0.1) is 10.2 Å². The van der Waals surface area contributed by atoms with E-state index in [0.717, 1.165) is 15.9 Å². The number of fused-ring (bicyclic) bond motifs is 1. The van der Waals surface area contributed by atoms with Crippen LogP contribution in [0.25, 0.3) is 5.65 Å². The molecule has 0 fully saturated rings. The molecule has 1 aromatic carbocycles. The average Bonchev–Trinajstić information content (AvgIpc) is 2.93. The Balaban J connectivity index is 1.65. The number of halogens is 1. The van der Waals surface area contributed by atoms with Crippen LogP contribution in [0.1, 0.15) is 16.2 Å². The maximum Gasteiger partial charge on any atom is 0.255 e. The van der Waals surface area contributed by atoms with E-state index in [1.165, 1.54) is 6.07 Å². The number of aromatic nitrogens is 3. The van der Waals surface area contributed by atoms with Gasteiger partial charge in [0.25, 0.3) is 5.91 Å². The minimum absolute atomic E-state index is 0.0476. The van der Waals surface area contributed by atoms with Crippen molar-refractivity contribution in [1.29, 1.82) is 0 Å². The van der Waals surface area contributed by atoms with E-state index < -0.39 is 0 Å². The first-order chi connectivity index (χ1) is 10.6. The van der Waals surface area contributed by atoms with Gasteiger partial charge in [0.05, 0.1) is 5.56 Å². The van der Waals surface area contributed by atoms with Crippen LogP contribution in [-0.4, -0.2) is 32.2 Å². The molecule has 0 saturated heterocycles. The molecule has 2 aromatic heterocycles. The summed E-state index contributed by atoms with van der Waals surface area (Å²) in [6.45, 7) is 0.403. The second-order valence-corrected chi connectivity index (χ2v) is 5.63. The normalized spacial score (nSPS) is 10.8. The number of hydrogen-bond acceptors (Lipinski definition) is 4. The number of pyridine rings is 1. The fraction of sp³-hybridized carbons (Fsp3) is 0.133. The van der Waals surface area contributed by atoms with E-state index in [9.17, 15) is 9.90 Å². The minimum Gasteiger partial charge on any atom is -0.507 e. The largest absolute Gasteiger partial charge is 0.507 e. The average molecular weight is 361 g/mol. The van der Waals surface area contributed by atoms with Crippen molar-refractivity contribution in [2.75, 3.05) is 6.54 Å². The molecule has 22 heavy (non-hydrogen) atoms. The number of benzene rings is 1. The zero-order chi connectivity index (χ0) is 15.5. The third-order valence-corrected chi connectivity index (χ3v) is 3.71. The summed E-state index contributed by atoms with van der Waals surface area (Å²) in [4.78, 5) is 12.1. The van der Waals surface area contributed by atoms with Crippen LogP contribution >= 0.6 is 15.9 Å². The highest BCUT2D eigenvalue weighted by Crippen LogP contribution is 2.21. The lowest BCUT2D eigenvalue weighted by molar-refractivity contribution is 0.0951. The van der Waals surface area contributed by atoms with Crippen molar-refractivity contribution in [3.05, 3.63) is 58.5 Å². The van der Waals surface area contributed by atoms with Crippen molar-refractivity contribution in [3.63, 3.8) is 0 Å². The van der Waals surface area contributed by atoms with Crippen molar-refractivity contribution in [2.24, 2.45) is 0 Å². The lowest BCUT2D eigenvalue weighted by Gasteiger charge is -2.07. The highest BCUT2D eigenvalue weighted by molar-refractivity contribution is 9.10. The van der Waals surface area contributed by atoms with Crippen molar-refractivity contribution in [2.45, 2.75) is 6.42 Å². The molecule has 2 N–H and O–H groups in total. The van der Waals surface area contributed by atoms with Gasteiger partial charge in [0.15, 0.2) is 5.65 Å². The molecule has 2 heterocycles. The molecule has 6 nitrogen and oxygen atoms in total. The predicted molar refractivity (Wildman–Crippen MR) is 84.8 cm³/mol. The summed E-state index contributed by atoms with van der Waals surface area (Å²) >= 11 is 3.28. The van der Waals surface area contributed by atoms with E-state index in [2.05, 4.69) is 31.4 Å². The quantitative estimate of drug-likeness (QED) is 0.747. The molecule has 0 bridgehead atoms. The molecule has 0 aliphatic carbocycles. The highest BCUT2D eigenvalue weighted by Gasteiger charge is 2.12. The Bertz CT molecular complexity index is 831. The number of carbonyl (C=O) groups excluding carboxylic acids is 1. The first-order valence-corrected chi connectivity index (χ1v) is 7.50. The molecule has 0 spiro atoms. The zero-order valence-electron chi connectivity index (χ0n) is 11.5. The summed E-state index contributed by atoms with van der Waals surface area (Å²) in [5.74, 6) is 0.399. The summed E-state index contributed by atoms with van der Waals surface area (Å²) < 4.78 is 2.61. The van der Waals surface area contributed by atoms with Gasteiger partial charge in [0.2, 0.25) is 0 Å². The van der Waals surface area contributed by atoms with Crippen LogP contribution in [-0.2, 0) is 6.42 Å². The minimum atomic E-state index is -0.326. The maximum absolute atomic E-state index is 12.1. The third-order valence-electron chi connectivity index (χ3n) is 3.22. The summed E-state index contributed by atoms with van der Waals surface area (Å²) in [5.41, 5.74) is 1.01. The molecule has 112 valence electrons. The monoisotopic (exact) mass is 360 g/mol. The summed E-state index contributed by atoms with van der Waals surface area (Å²) in [6.07, 6.45) is 2.43. The second-order valence-electron chi connectivity index (χ2n) is 4.71. The topological polar surface area (TPSA) is 79.5 Å². The molecule has 1 amide bonds. The maximum atomic E-state index is 12.1. The first-order valence-electron chi connectivity index (χ1n) is 6.70. The Hall–Kier alpha value is -2.41. The van der Waals surface area contributed by atoms with E-state index in [0.29, 0.717) is 13.0 Å². The van der Waals surface area contributed by atoms with Crippen LogP contribution in [0.15, 0.2) is 47.1 Å². The molecule has 0 atom stereocenters. The van der Waals surface area contributed by atoms with Crippen molar-refractivity contribution >= 4 is 27.5 Å². The number of nitrogens with one attached hydrogen (secondary N) is 1. The predicted octanol–water partition coefficient (Wildman–Crippen LogP) is 2.17. The molecule has 0 radical (unpaired) electrons. The Morgan fingerprint density at radius 3 is 3.00 bits per heavy atom. The van der Waals surface area contributed by atoms with E-state index in [1.807, 2.05) is 28.8 Å². The van der Waals surface area contributed by atoms with E-state index in [4.69, 9.17) is 0 Å². The highest BCUT2D eigenvalue weighted by atomic mass is 79.9. The van der Waals surface area contributed by atoms with Gasteiger partial charge in [0, 0.05) is 23.6 Å². The van der Waals surface area contributed by atoms with Crippen LogP contribution < -0.4 is 5.32 Å². The fourth-order valence-electron chi connectivity index (χ4n) is 2.13. The Morgan fingerprint density at radius 2 is 2.14 bits per heavy atom.